The van der Waals surface area contributed by atoms with Crippen molar-refractivity contribution in [3.63, 3.8) is 0 Å². The van der Waals surface area contributed by atoms with E-state index in [1.807, 2.05) is 0 Å². The molecule has 0 fully saturated rings. The van der Waals surface area contributed by atoms with Crippen LogP contribution in [-0.4, -0.2) is 9.13 Å². The van der Waals surface area contributed by atoms with E-state index in [9.17, 15) is 0 Å². The maximum atomic E-state index is 2.34. The molecule has 208 valence electrons. The molecule has 0 spiro atoms. The van der Waals surface area contributed by atoms with Crippen LogP contribution in [-0.2, 0) is 49.9 Å². The predicted molar refractivity (Wildman–Crippen MR) is 163 cm³/mol. The highest BCUT2D eigenvalue weighted by molar-refractivity contribution is 5.74. The molecule has 0 saturated heterocycles. The first-order valence-corrected chi connectivity index (χ1v) is 14.1. The first kappa shape index (κ1) is 29.9. The van der Waals surface area contributed by atoms with Crippen LogP contribution in [0.15, 0.2) is 36.4 Å². The van der Waals surface area contributed by atoms with Gasteiger partial charge in [0.25, 0.3) is 11.6 Å². The van der Waals surface area contributed by atoms with Gasteiger partial charge >= 0.3 is 0 Å². The molecule has 38 heavy (non-hydrogen) atoms. The van der Waals surface area contributed by atoms with E-state index in [1.165, 1.54) is 44.8 Å². The fraction of sp³-hybridized carbons (Fsp3) is 0.588. The van der Waals surface area contributed by atoms with Crippen LogP contribution in [0, 0.1) is 0 Å². The summed E-state index contributed by atoms with van der Waals surface area (Å²) >= 11 is 0. The molecule has 0 aliphatic heterocycles. The van der Waals surface area contributed by atoms with Crippen LogP contribution in [0.4, 0.5) is 0 Å². The van der Waals surface area contributed by atoms with E-state index in [2.05, 4.69) is 166 Å². The molecule has 0 atom stereocenters. The van der Waals surface area contributed by atoms with Gasteiger partial charge in [-0.05, 0) is 87.8 Å². The van der Waals surface area contributed by atoms with Crippen molar-refractivity contribution in [3.8, 4) is 0 Å². The number of nitrogens with zero attached hydrogens (tertiary/aromatic N) is 4. The summed E-state index contributed by atoms with van der Waals surface area (Å²) in [5, 5.41) is 0. The lowest BCUT2D eigenvalue weighted by Crippen LogP contribution is -2.39. The highest BCUT2D eigenvalue weighted by atomic mass is 15.2. The Labute approximate surface area is 232 Å². The third kappa shape index (κ3) is 5.55. The van der Waals surface area contributed by atoms with Crippen molar-refractivity contribution in [2.45, 2.75) is 105 Å². The van der Waals surface area contributed by atoms with E-state index >= 15 is 0 Å². The second-order valence-corrected chi connectivity index (χ2v) is 15.3. The van der Waals surface area contributed by atoms with E-state index in [0.717, 1.165) is 0 Å². The maximum absolute atomic E-state index is 2.34. The minimum atomic E-state index is 0.143. The van der Waals surface area contributed by atoms with Crippen molar-refractivity contribution in [2.24, 2.45) is 28.2 Å². The number of hydrogen-bond donors (Lipinski definition) is 0. The van der Waals surface area contributed by atoms with Crippen molar-refractivity contribution < 1.29 is 9.13 Å². The van der Waals surface area contributed by atoms with Crippen LogP contribution >= 0.6 is 0 Å². The van der Waals surface area contributed by atoms with Crippen molar-refractivity contribution >= 4 is 22.1 Å². The van der Waals surface area contributed by atoms with Gasteiger partial charge in [0, 0.05) is 0 Å². The van der Waals surface area contributed by atoms with Gasteiger partial charge in [0.05, 0.1) is 39.0 Å². The van der Waals surface area contributed by atoms with Crippen LogP contribution in [0.1, 0.15) is 106 Å². The smallest absolute Gasteiger partial charge is 0.230 e. The Morgan fingerprint density at radius 1 is 0.474 bits per heavy atom. The van der Waals surface area contributed by atoms with Crippen LogP contribution in [0.5, 0.6) is 0 Å². The second-order valence-electron chi connectivity index (χ2n) is 15.3. The average molecular weight is 519 g/mol. The number of benzene rings is 2. The molecule has 0 radical (unpaired) electrons. The number of fused-ring (bicyclic) bond motifs is 2. The average Bonchev–Trinajstić information content (AvgIpc) is 3.16. The molecule has 4 heteroatoms. The third-order valence-electron chi connectivity index (χ3n) is 7.74. The van der Waals surface area contributed by atoms with E-state index in [-0.39, 0.29) is 21.7 Å². The van der Waals surface area contributed by atoms with E-state index in [0.29, 0.717) is 0 Å². The number of hydrogen-bond acceptors (Lipinski definition) is 0. The summed E-state index contributed by atoms with van der Waals surface area (Å²) in [6, 6.07) is 13.7. The molecule has 0 bridgehead atoms. The van der Waals surface area contributed by atoms with Crippen molar-refractivity contribution in [3.05, 3.63) is 59.2 Å². The zero-order valence-electron chi connectivity index (χ0n) is 27.3. The molecule has 2 aromatic carbocycles. The van der Waals surface area contributed by atoms with Crippen LogP contribution in [0.25, 0.3) is 22.1 Å². The zero-order valence-corrected chi connectivity index (χ0v) is 27.3. The standard InChI is InChI=1S/2C17H27N2/c2*1-16(2,3)12-9-10-13-14(11-12)19(8)15(18(13)7)17(4,5)6/h2*9-11H,1-8H3/q2*+1. The molecule has 4 nitrogen and oxygen atoms in total. The predicted octanol–water partition coefficient (Wildman–Crippen LogP) is 7.20. The molecule has 2 aromatic heterocycles. The lowest BCUT2D eigenvalue weighted by molar-refractivity contribution is -0.657. The Morgan fingerprint density at radius 2 is 0.763 bits per heavy atom. The second kappa shape index (κ2) is 9.54. The molecule has 0 aliphatic rings. The van der Waals surface area contributed by atoms with E-state index in [4.69, 9.17) is 0 Å². The molecule has 0 unspecified atom stereocenters. The largest absolute Gasteiger partial charge is 0.262 e. The monoisotopic (exact) mass is 518 g/mol. The molecule has 0 aliphatic carbocycles. The van der Waals surface area contributed by atoms with Gasteiger partial charge in [0.2, 0.25) is 0 Å². The van der Waals surface area contributed by atoms with E-state index in [1.54, 1.807) is 0 Å². The fourth-order valence-electron chi connectivity index (χ4n) is 6.00. The van der Waals surface area contributed by atoms with Gasteiger partial charge in [0.1, 0.15) is 0 Å². The van der Waals surface area contributed by atoms with Gasteiger partial charge in [-0.25, -0.2) is 18.3 Å². The van der Waals surface area contributed by atoms with Gasteiger partial charge in [-0.15, -0.1) is 0 Å². The SMILES string of the molecule is Cn1c(C(C)(C)C)[n+](C)c2ccc(C(C)(C)C)cc21.Cn1c(C(C)(C)C)[n+](C)c2ccc(C(C)(C)C)cc21. The van der Waals surface area contributed by atoms with Gasteiger partial charge in [-0.2, -0.15) is 0 Å². The van der Waals surface area contributed by atoms with Gasteiger partial charge in [0.15, 0.2) is 22.1 Å². The number of aryl methyl sites for hydroxylation is 4. The Morgan fingerprint density at radius 3 is 1.00 bits per heavy atom. The summed E-state index contributed by atoms with van der Waals surface area (Å²) in [4.78, 5) is 0. The molecule has 2 heterocycles. The number of imidazole rings is 2. The molecule has 4 rings (SSSR count). The lowest BCUT2D eigenvalue weighted by Gasteiger charge is -2.18. The summed E-state index contributed by atoms with van der Waals surface area (Å²) in [7, 11) is 8.68. The molecule has 0 N–H and O–H groups in total. The van der Waals surface area contributed by atoms with Crippen molar-refractivity contribution in [2.75, 3.05) is 0 Å². The van der Waals surface area contributed by atoms with Crippen LogP contribution in [0.3, 0.4) is 0 Å². The molecule has 0 saturated carbocycles. The maximum Gasteiger partial charge on any atom is 0.262 e. The Bertz CT molecular complexity index is 1350. The van der Waals surface area contributed by atoms with E-state index < -0.39 is 0 Å². The molecular formula is C34H54N4+2. The van der Waals surface area contributed by atoms with Gasteiger partial charge < -0.3 is 0 Å². The van der Waals surface area contributed by atoms with Crippen LogP contribution < -0.4 is 9.13 Å². The minimum absolute atomic E-state index is 0.143. The molecule has 4 aromatic rings. The molecular weight excluding hydrogens is 464 g/mol. The Kier molecular flexibility index (Phi) is 7.51. The normalized spacial score (nSPS) is 13.3. The minimum Gasteiger partial charge on any atom is -0.230 e. The number of rotatable bonds is 0. The summed E-state index contributed by atoms with van der Waals surface area (Å²) in [6.45, 7) is 27.2. The topological polar surface area (TPSA) is 17.6 Å². The van der Waals surface area contributed by atoms with Gasteiger partial charge in [-0.3, -0.25) is 0 Å². The summed E-state index contributed by atoms with van der Waals surface area (Å²) < 4.78 is 9.32. The summed E-state index contributed by atoms with van der Waals surface area (Å²) in [6.07, 6.45) is 0. The van der Waals surface area contributed by atoms with Crippen molar-refractivity contribution in [1.29, 1.82) is 0 Å². The number of aromatic nitrogens is 4. The van der Waals surface area contributed by atoms with Gasteiger partial charge in [-0.1, -0.05) is 53.7 Å². The Balaban J connectivity index is 0.000000211. The van der Waals surface area contributed by atoms with Crippen LogP contribution in [0.2, 0.25) is 0 Å². The third-order valence-corrected chi connectivity index (χ3v) is 7.74. The van der Waals surface area contributed by atoms with Crippen molar-refractivity contribution in [1.82, 2.24) is 9.13 Å². The first-order valence-electron chi connectivity index (χ1n) is 14.1. The summed E-state index contributed by atoms with van der Waals surface area (Å²) in [5.74, 6) is 2.71. The fourth-order valence-corrected chi connectivity index (χ4v) is 6.00. The first-order chi connectivity index (χ1) is 17.1. The lowest BCUT2D eigenvalue weighted by atomic mass is 9.87. The highest BCUT2D eigenvalue weighted by Gasteiger charge is 2.33. The quantitative estimate of drug-likeness (QED) is 0.219. The highest BCUT2D eigenvalue weighted by Crippen LogP contribution is 2.30. The Hall–Kier alpha value is -2.62. The molecule has 0 amide bonds. The zero-order chi connectivity index (χ0) is 29.2. The summed E-state index contributed by atoms with van der Waals surface area (Å²) in [5.41, 5.74) is 8.70.